The molecule has 28 heavy (non-hydrogen) atoms. The van der Waals surface area contributed by atoms with Gasteiger partial charge in [0, 0.05) is 42.3 Å². The fraction of sp³-hybridized carbons (Fsp3) is 0.286. The van der Waals surface area contributed by atoms with Crippen LogP contribution in [0.15, 0.2) is 46.9 Å². The Morgan fingerprint density at radius 3 is 2.71 bits per heavy atom. The minimum absolute atomic E-state index is 0.0209. The number of rotatable bonds is 3. The third-order valence-electron chi connectivity index (χ3n) is 5.28. The van der Waals surface area contributed by atoms with Gasteiger partial charge >= 0.3 is 0 Å². The predicted molar refractivity (Wildman–Crippen MR) is 111 cm³/mol. The number of fused-ring (bicyclic) bond motifs is 1. The molecule has 6 nitrogen and oxygen atoms in total. The Morgan fingerprint density at radius 2 is 1.96 bits per heavy atom. The fourth-order valence-corrected chi connectivity index (χ4v) is 4.20. The normalized spacial score (nSPS) is 18.4. The van der Waals surface area contributed by atoms with Crippen LogP contribution in [-0.4, -0.2) is 30.8 Å². The maximum atomic E-state index is 12.6. The molecule has 1 N–H and O–H groups in total. The van der Waals surface area contributed by atoms with E-state index in [1.807, 2.05) is 42.5 Å². The second-order valence-corrected chi connectivity index (χ2v) is 7.96. The number of anilines is 3. The van der Waals surface area contributed by atoms with Gasteiger partial charge in [0.1, 0.15) is 0 Å². The minimum Gasteiger partial charge on any atom is -0.325 e. The summed E-state index contributed by atoms with van der Waals surface area (Å²) >= 11 is 3.42. The Bertz CT molecular complexity index is 975. The Morgan fingerprint density at radius 1 is 1.18 bits per heavy atom. The SMILES string of the molecule is CC(=O)N1CCc2cc(N3C[C@@H](C(=O)Nc4ccccc4Br)CC3=O)ccc21. The first-order valence-corrected chi connectivity index (χ1v) is 10.00. The monoisotopic (exact) mass is 441 g/mol. The number of carbonyl (C=O) groups excluding carboxylic acids is 3. The van der Waals surface area contributed by atoms with Crippen LogP contribution in [0.5, 0.6) is 0 Å². The lowest BCUT2D eigenvalue weighted by molar-refractivity contribution is -0.122. The molecular weight excluding hydrogens is 422 g/mol. The minimum atomic E-state index is -0.401. The molecule has 7 heteroatoms. The van der Waals surface area contributed by atoms with Crippen molar-refractivity contribution in [1.29, 1.82) is 0 Å². The molecule has 0 radical (unpaired) electrons. The van der Waals surface area contributed by atoms with E-state index in [9.17, 15) is 14.4 Å². The van der Waals surface area contributed by atoms with Crippen LogP contribution in [-0.2, 0) is 20.8 Å². The van der Waals surface area contributed by atoms with E-state index in [0.29, 0.717) is 18.8 Å². The summed E-state index contributed by atoms with van der Waals surface area (Å²) in [5, 5.41) is 2.90. The van der Waals surface area contributed by atoms with Gasteiger partial charge in [-0.1, -0.05) is 12.1 Å². The highest BCUT2D eigenvalue weighted by Gasteiger charge is 2.36. The van der Waals surface area contributed by atoms with Crippen LogP contribution in [0, 0.1) is 5.92 Å². The number of hydrogen-bond acceptors (Lipinski definition) is 3. The van der Waals surface area contributed by atoms with E-state index in [1.54, 1.807) is 16.7 Å². The lowest BCUT2D eigenvalue weighted by atomic mass is 10.1. The summed E-state index contributed by atoms with van der Waals surface area (Å²) in [5.74, 6) is -0.602. The molecule has 0 aromatic heterocycles. The highest BCUT2D eigenvalue weighted by molar-refractivity contribution is 9.10. The first-order chi connectivity index (χ1) is 13.4. The Kier molecular flexibility index (Phi) is 4.93. The molecule has 144 valence electrons. The van der Waals surface area contributed by atoms with Gasteiger partial charge in [-0.3, -0.25) is 14.4 Å². The summed E-state index contributed by atoms with van der Waals surface area (Å²) in [4.78, 5) is 40.3. The zero-order valence-electron chi connectivity index (χ0n) is 15.4. The molecule has 2 aliphatic heterocycles. The van der Waals surface area contributed by atoms with Crippen molar-refractivity contribution in [3.63, 3.8) is 0 Å². The average molecular weight is 442 g/mol. The second kappa shape index (κ2) is 7.39. The molecule has 2 aromatic carbocycles. The highest BCUT2D eigenvalue weighted by Crippen LogP contribution is 2.34. The van der Waals surface area contributed by atoms with Gasteiger partial charge in [-0.15, -0.1) is 0 Å². The Balaban J connectivity index is 1.49. The summed E-state index contributed by atoms with van der Waals surface area (Å²) in [7, 11) is 0. The lowest BCUT2D eigenvalue weighted by Crippen LogP contribution is -2.28. The third-order valence-corrected chi connectivity index (χ3v) is 5.97. The maximum absolute atomic E-state index is 12.6. The van der Waals surface area contributed by atoms with Gasteiger partial charge in [-0.2, -0.15) is 0 Å². The molecule has 2 heterocycles. The summed E-state index contributed by atoms with van der Waals surface area (Å²) in [6, 6.07) is 13.1. The quantitative estimate of drug-likeness (QED) is 0.793. The third kappa shape index (κ3) is 3.42. The Labute approximate surface area is 171 Å². The van der Waals surface area contributed by atoms with Crippen LogP contribution in [0.4, 0.5) is 17.1 Å². The number of nitrogens with zero attached hydrogens (tertiary/aromatic N) is 2. The van der Waals surface area contributed by atoms with E-state index < -0.39 is 5.92 Å². The second-order valence-electron chi connectivity index (χ2n) is 7.11. The fourth-order valence-electron chi connectivity index (χ4n) is 3.81. The summed E-state index contributed by atoms with van der Waals surface area (Å²) < 4.78 is 0.804. The topological polar surface area (TPSA) is 69.7 Å². The Hall–Kier alpha value is -2.67. The lowest BCUT2D eigenvalue weighted by Gasteiger charge is -2.19. The van der Waals surface area contributed by atoms with Crippen molar-refractivity contribution in [2.75, 3.05) is 28.2 Å². The molecule has 1 atom stereocenters. The molecule has 3 amide bonds. The number of nitrogens with one attached hydrogen (secondary N) is 1. The van der Waals surface area contributed by atoms with Crippen LogP contribution in [0.2, 0.25) is 0 Å². The largest absolute Gasteiger partial charge is 0.325 e. The molecule has 1 saturated heterocycles. The van der Waals surface area contributed by atoms with Gasteiger partial charge in [0.2, 0.25) is 17.7 Å². The molecule has 2 aliphatic rings. The molecule has 0 aliphatic carbocycles. The van der Waals surface area contributed by atoms with Gasteiger partial charge in [0.25, 0.3) is 0 Å². The smallest absolute Gasteiger partial charge is 0.229 e. The molecule has 2 aromatic rings. The van der Waals surface area contributed by atoms with E-state index in [1.165, 1.54) is 0 Å². The first kappa shape index (κ1) is 18.7. The van der Waals surface area contributed by atoms with E-state index >= 15 is 0 Å². The number of halogens is 1. The van der Waals surface area contributed by atoms with Crippen LogP contribution in [0.25, 0.3) is 0 Å². The van der Waals surface area contributed by atoms with Gasteiger partial charge in [-0.25, -0.2) is 0 Å². The van der Waals surface area contributed by atoms with Crippen molar-refractivity contribution in [3.05, 3.63) is 52.5 Å². The van der Waals surface area contributed by atoms with Crippen molar-refractivity contribution < 1.29 is 14.4 Å². The van der Waals surface area contributed by atoms with E-state index in [4.69, 9.17) is 0 Å². The number of hydrogen-bond donors (Lipinski definition) is 1. The summed E-state index contributed by atoms with van der Waals surface area (Å²) in [5.41, 5.74) is 3.44. The van der Waals surface area contributed by atoms with Crippen LogP contribution in [0.3, 0.4) is 0 Å². The average Bonchev–Trinajstić information content (AvgIpc) is 3.26. The summed E-state index contributed by atoms with van der Waals surface area (Å²) in [6.45, 7) is 2.57. The molecule has 0 spiro atoms. The van der Waals surface area contributed by atoms with Gasteiger partial charge in [-0.05, 0) is 58.2 Å². The van der Waals surface area contributed by atoms with Gasteiger partial charge < -0.3 is 15.1 Å². The molecular formula is C21H20BrN3O3. The maximum Gasteiger partial charge on any atom is 0.229 e. The zero-order valence-corrected chi connectivity index (χ0v) is 17.0. The van der Waals surface area contributed by atoms with E-state index in [2.05, 4.69) is 21.2 Å². The number of benzene rings is 2. The van der Waals surface area contributed by atoms with Crippen LogP contribution in [0.1, 0.15) is 18.9 Å². The van der Waals surface area contributed by atoms with Crippen LogP contribution < -0.4 is 15.1 Å². The molecule has 0 saturated carbocycles. The first-order valence-electron chi connectivity index (χ1n) is 9.21. The number of amides is 3. The summed E-state index contributed by atoms with van der Waals surface area (Å²) in [6.07, 6.45) is 0.962. The standard InChI is InChI=1S/C21H20BrN3O3/c1-13(26)24-9-8-14-10-16(6-7-19(14)24)25-12-15(11-20(25)27)21(28)23-18-5-3-2-4-17(18)22/h2-7,10,15H,8-9,11-12H2,1H3,(H,23,28)/t15-/m0/s1. The van der Waals surface area contributed by atoms with Crippen molar-refractivity contribution in [3.8, 4) is 0 Å². The van der Waals surface area contributed by atoms with Gasteiger partial charge in [0.15, 0.2) is 0 Å². The van der Waals surface area contributed by atoms with Crippen molar-refractivity contribution in [2.45, 2.75) is 19.8 Å². The molecule has 0 unspecified atom stereocenters. The van der Waals surface area contributed by atoms with Crippen molar-refractivity contribution >= 4 is 50.7 Å². The molecule has 1 fully saturated rings. The zero-order chi connectivity index (χ0) is 19.8. The van der Waals surface area contributed by atoms with Crippen molar-refractivity contribution in [2.24, 2.45) is 5.92 Å². The van der Waals surface area contributed by atoms with E-state index in [-0.39, 0.29) is 24.1 Å². The molecule has 0 bridgehead atoms. The van der Waals surface area contributed by atoms with Crippen LogP contribution >= 0.6 is 15.9 Å². The van der Waals surface area contributed by atoms with E-state index in [0.717, 1.165) is 27.8 Å². The highest BCUT2D eigenvalue weighted by atomic mass is 79.9. The number of carbonyl (C=O) groups is 3. The number of para-hydroxylation sites is 1. The van der Waals surface area contributed by atoms with Crippen molar-refractivity contribution in [1.82, 2.24) is 0 Å². The van der Waals surface area contributed by atoms with Gasteiger partial charge in [0.05, 0.1) is 11.6 Å². The molecule has 4 rings (SSSR count). The predicted octanol–water partition coefficient (Wildman–Crippen LogP) is 3.35.